The molecule has 3 nitrogen and oxygen atoms in total. The molecule has 2 aromatic heterocycles. The van der Waals surface area contributed by atoms with Gasteiger partial charge in [-0.1, -0.05) is 127 Å². The number of furan rings is 1. The van der Waals surface area contributed by atoms with Gasteiger partial charge in [0.05, 0.1) is 11.0 Å². The molecule has 0 aliphatic carbocycles. The number of nitrogens with zero attached hydrogens (tertiary/aromatic N) is 2. The highest BCUT2D eigenvalue weighted by Crippen LogP contribution is 2.46. The summed E-state index contributed by atoms with van der Waals surface area (Å²) in [6, 6.07) is 69.8. The van der Waals surface area contributed by atoms with Crippen LogP contribution in [0, 0.1) is 0 Å². The molecule has 53 heavy (non-hydrogen) atoms. The number of anilines is 3. The van der Waals surface area contributed by atoms with Crippen LogP contribution in [0.15, 0.2) is 199 Å². The van der Waals surface area contributed by atoms with Gasteiger partial charge >= 0.3 is 0 Å². The molecule has 0 atom stereocenters. The van der Waals surface area contributed by atoms with Crippen LogP contribution in [0.5, 0.6) is 0 Å². The second-order valence-corrected chi connectivity index (χ2v) is 13.7. The summed E-state index contributed by atoms with van der Waals surface area (Å²) < 4.78 is 8.87. The summed E-state index contributed by atoms with van der Waals surface area (Å²) in [6.45, 7) is 0. The quantitative estimate of drug-likeness (QED) is 0.181. The van der Waals surface area contributed by atoms with Crippen molar-refractivity contribution in [1.29, 1.82) is 0 Å². The van der Waals surface area contributed by atoms with Crippen LogP contribution in [-0.2, 0) is 0 Å². The molecular weight excluding hydrogens is 645 g/mol. The highest BCUT2D eigenvalue weighted by atomic mass is 16.3. The lowest BCUT2D eigenvalue weighted by molar-refractivity contribution is 0.669. The van der Waals surface area contributed by atoms with Crippen LogP contribution >= 0.6 is 0 Å². The van der Waals surface area contributed by atoms with E-state index in [9.17, 15) is 0 Å². The number of aromatic nitrogens is 1. The monoisotopic (exact) mass is 676 g/mol. The zero-order valence-electron chi connectivity index (χ0n) is 28.8. The molecule has 2 heterocycles. The number of rotatable bonds is 5. The van der Waals surface area contributed by atoms with Gasteiger partial charge < -0.3 is 13.9 Å². The summed E-state index contributed by atoms with van der Waals surface area (Å²) in [6.07, 6.45) is 0. The fourth-order valence-electron chi connectivity index (χ4n) is 8.41. The van der Waals surface area contributed by atoms with Gasteiger partial charge in [0, 0.05) is 55.7 Å². The molecule has 0 aliphatic rings. The molecule has 0 unspecified atom stereocenters. The third kappa shape index (κ3) is 4.61. The predicted molar refractivity (Wildman–Crippen MR) is 223 cm³/mol. The first-order valence-electron chi connectivity index (χ1n) is 18.1. The lowest BCUT2D eigenvalue weighted by atomic mass is 9.92. The van der Waals surface area contributed by atoms with Crippen LogP contribution in [0.3, 0.4) is 0 Å². The lowest BCUT2D eigenvalue weighted by Crippen LogP contribution is -2.09. The summed E-state index contributed by atoms with van der Waals surface area (Å²) in [7, 11) is 0. The SMILES string of the molecule is c1ccc(N(c2ccc3c(c2)oc2ccccc23)c2ccc3c4c(-c5cccc6ccccc56)cc5ccccc5c4n(-c4ccccc4)c3c2)cc1. The Kier molecular flexibility index (Phi) is 6.55. The van der Waals surface area contributed by atoms with E-state index in [-0.39, 0.29) is 0 Å². The Morgan fingerprint density at radius 3 is 1.83 bits per heavy atom. The number of hydrogen-bond donors (Lipinski definition) is 0. The summed E-state index contributed by atoms with van der Waals surface area (Å²) in [5.74, 6) is 0. The molecule has 248 valence electrons. The minimum absolute atomic E-state index is 0.871. The van der Waals surface area contributed by atoms with Crippen molar-refractivity contribution in [2.45, 2.75) is 0 Å². The summed E-state index contributed by atoms with van der Waals surface area (Å²) >= 11 is 0. The van der Waals surface area contributed by atoms with E-state index in [1.54, 1.807) is 0 Å². The van der Waals surface area contributed by atoms with Gasteiger partial charge in [-0.3, -0.25) is 0 Å². The molecule has 0 N–H and O–H groups in total. The Morgan fingerprint density at radius 2 is 1.00 bits per heavy atom. The molecule has 0 radical (unpaired) electrons. The maximum atomic E-state index is 6.40. The van der Waals surface area contributed by atoms with Crippen molar-refractivity contribution in [3.63, 3.8) is 0 Å². The Bertz CT molecular complexity index is 3170. The molecule has 0 spiro atoms. The molecule has 11 aromatic rings. The topological polar surface area (TPSA) is 21.3 Å². The third-order valence-electron chi connectivity index (χ3n) is 10.7. The van der Waals surface area contributed by atoms with E-state index in [1.165, 1.54) is 49.0 Å². The Labute approximate surface area is 306 Å². The fourth-order valence-corrected chi connectivity index (χ4v) is 8.41. The number of fused-ring (bicyclic) bond motifs is 9. The van der Waals surface area contributed by atoms with Crippen molar-refractivity contribution in [2.24, 2.45) is 0 Å². The first kappa shape index (κ1) is 29.6. The first-order chi connectivity index (χ1) is 26.3. The molecule has 3 heteroatoms. The minimum atomic E-state index is 0.871. The molecule has 0 bridgehead atoms. The predicted octanol–water partition coefficient (Wildman–Crippen LogP) is 14.1. The van der Waals surface area contributed by atoms with Crippen LogP contribution in [-0.4, -0.2) is 4.57 Å². The Balaban J connectivity index is 1.24. The van der Waals surface area contributed by atoms with E-state index in [0.29, 0.717) is 0 Å². The van der Waals surface area contributed by atoms with Crippen LogP contribution < -0.4 is 4.90 Å². The van der Waals surface area contributed by atoms with Gasteiger partial charge in [0.1, 0.15) is 11.2 Å². The first-order valence-corrected chi connectivity index (χ1v) is 18.1. The van der Waals surface area contributed by atoms with E-state index in [4.69, 9.17) is 4.42 Å². The van der Waals surface area contributed by atoms with Gasteiger partial charge in [0.25, 0.3) is 0 Å². The van der Waals surface area contributed by atoms with Crippen LogP contribution in [0.4, 0.5) is 17.1 Å². The van der Waals surface area contributed by atoms with Gasteiger partial charge in [-0.2, -0.15) is 0 Å². The van der Waals surface area contributed by atoms with Crippen LogP contribution in [0.2, 0.25) is 0 Å². The molecule has 11 rings (SSSR count). The average Bonchev–Trinajstić information content (AvgIpc) is 3.77. The van der Waals surface area contributed by atoms with Crippen LogP contribution in [0.1, 0.15) is 0 Å². The largest absolute Gasteiger partial charge is 0.456 e. The Morgan fingerprint density at radius 1 is 0.377 bits per heavy atom. The smallest absolute Gasteiger partial charge is 0.137 e. The van der Waals surface area contributed by atoms with Crippen molar-refractivity contribution in [3.05, 3.63) is 194 Å². The zero-order chi connectivity index (χ0) is 34.9. The average molecular weight is 677 g/mol. The molecule has 0 saturated carbocycles. The van der Waals surface area contributed by atoms with Gasteiger partial charge in [-0.05, 0) is 87.9 Å². The molecule has 0 fully saturated rings. The number of benzene rings is 9. The number of hydrogen-bond acceptors (Lipinski definition) is 2. The van der Waals surface area contributed by atoms with Crippen molar-refractivity contribution < 1.29 is 4.42 Å². The van der Waals surface area contributed by atoms with Gasteiger partial charge in [0.15, 0.2) is 0 Å². The van der Waals surface area contributed by atoms with Crippen molar-refractivity contribution in [2.75, 3.05) is 4.90 Å². The van der Waals surface area contributed by atoms with Crippen LogP contribution in [0.25, 0.3) is 82.1 Å². The molecule has 0 aliphatic heterocycles. The van der Waals surface area contributed by atoms with E-state index in [2.05, 4.69) is 191 Å². The second-order valence-electron chi connectivity index (χ2n) is 13.7. The van der Waals surface area contributed by atoms with Crippen molar-refractivity contribution in [3.8, 4) is 16.8 Å². The van der Waals surface area contributed by atoms with E-state index >= 15 is 0 Å². The standard InChI is InChI=1S/C50H32N2O/c1-3-17-35(18-4-1)51(38-26-28-43-42-23-11-12-25-47(42)53-48(43)32-38)37-27-29-44-46(31-37)52(36-19-5-2-6-20-36)50-40-22-10-8-15-34(40)30-45(49(44)50)41-24-13-16-33-14-7-9-21-39(33)41/h1-32H. The molecular formula is C50H32N2O. The van der Waals surface area contributed by atoms with Crippen molar-refractivity contribution >= 4 is 82.4 Å². The molecule has 0 amide bonds. The van der Waals surface area contributed by atoms with Crippen molar-refractivity contribution in [1.82, 2.24) is 4.57 Å². The minimum Gasteiger partial charge on any atom is -0.456 e. The van der Waals surface area contributed by atoms with Gasteiger partial charge in [-0.15, -0.1) is 0 Å². The number of para-hydroxylation sites is 3. The second kappa shape index (κ2) is 11.7. The maximum Gasteiger partial charge on any atom is 0.137 e. The Hall–Kier alpha value is -7.10. The summed E-state index contributed by atoms with van der Waals surface area (Å²) in [5, 5.41) is 9.63. The highest BCUT2D eigenvalue weighted by Gasteiger charge is 2.23. The zero-order valence-corrected chi connectivity index (χ0v) is 28.8. The third-order valence-corrected chi connectivity index (χ3v) is 10.7. The lowest BCUT2D eigenvalue weighted by Gasteiger charge is -2.25. The normalized spacial score (nSPS) is 11.8. The van der Waals surface area contributed by atoms with E-state index in [0.717, 1.165) is 50.2 Å². The molecule has 9 aromatic carbocycles. The summed E-state index contributed by atoms with van der Waals surface area (Å²) in [4.78, 5) is 2.34. The van der Waals surface area contributed by atoms with E-state index in [1.807, 2.05) is 12.1 Å². The summed E-state index contributed by atoms with van der Waals surface area (Å²) in [5.41, 5.74) is 10.9. The van der Waals surface area contributed by atoms with Gasteiger partial charge in [-0.25, -0.2) is 0 Å². The van der Waals surface area contributed by atoms with Gasteiger partial charge in [0.2, 0.25) is 0 Å². The highest BCUT2D eigenvalue weighted by molar-refractivity contribution is 6.25. The maximum absolute atomic E-state index is 6.40. The molecule has 0 saturated heterocycles. The van der Waals surface area contributed by atoms with E-state index < -0.39 is 0 Å². The fraction of sp³-hybridized carbons (Fsp3) is 0.